The molecule has 0 amide bonds. The smallest absolute Gasteiger partial charge is 0.280 e. The summed E-state index contributed by atoms with van der Waals surface area (Å²) in [7, 11) is 0. The number of hydrogen-bond acceptors (Lipinski definition) is 6. The normalized spacial score (nSPS) is 20.4. The molecule has 7 nitrogen and oxygen atoms in total. The van der Waals surface area contributed by atoms with Crippen LogP contribution in [0.4, 0.5) is 5.69 Å². The third-order valence-electron chi connectivity index (χ3n) is 4.90. The molecule has 2 heterocycles. The summed E-state index contributed by atoms with van der Waals surface area (Å²) < 4.78 is 11.6. The topological polar surface area (TPSA) is 80.8 Å². The van der Waals surface area contributed by atoms with E-state index in [1.54, 1.807) is 24.3 Å². The number of morpholine rings is 1. The maximum Gasteiger partial charge on any atom is 0.280 e. The minimum atomic E-state index is -0.383. The second-order valence-electron chi connectivity index (χ2n) is 7.44. The maximum atomic E-state index is 11.2. The second kappa shape index (κ2) is 9.82. The van der Waals surface area contributed by atoms with E-state index in [0.717, 1.165) is 44.8 Å². The molecule has 1 aliphatic rings. The van der Waals surface area contributed by atoms with Gasteiger partial charge in [0.2, 0.25) is 0 Å². The molecule has 2 atom stereocenters. The molecule has 0 bridgehead atoms. The van der Waals surface area contributed by atoms with Gasteiger partial charge >= 0.3 is 0 Å². The molecule has 28 heavy (non-hydrogen) atoms. The van der Waals surface area contributed by atoms with Crippen LogP contribution in [-0.4, -0.2) is 48.2 Å². The number of nitro groups is 1. The Morgan fingerprint density at radius 2 is 1.89 bits per heavy atom. The highest BCUT2D eigenvalue weighted by Crippen LogP contribution is 2.30. The van der Waals surface area contributed by atoms with E-state index < -0.39 is 0 Å². The SMILES string of the molecule is CC1CN(CCCCNCc2ccc(-c3ccccc3[N+](=O)[O-])o2)CC(C)O1. The van der Waals surface area contributed by atoms with Gasteiger partial charge < -0.3 is 14.5 Å². The molecule has 1 aromatic heterocycles. The lowest BCUT2D eigenvalue weighted by molar-refractivity contribution is -0.384. The van der Waals surface area contributed by atoms with E-state index in [9.17, 15) is 10.1 Å². The molecule has 3 rings (SSSR count). The minimum Gasteiger partial charge on any atom is -0.459 e. The van der Waals surface area contributed by atoms with Gasteiger partial charge in [-0.1, -0.05) is 12.1 Å². The summed E-state index contributed by atoms with van der Waals surface area (Å²) in [6.45, 7) is 8.92. The molecule has 1 saturated heterocycles. The predicted octanol–water partition coefficient (Wildman–Crippen LogP) is 3.83. The van der Waals surface area contributed by atoms with Crippen molar-refractivity contribution >= 4 is 5.69 Å². The van der Waals surface area contributed by atoms with E-state index in [2.05, 4.69) is 24.1 Å². The standard InChI is InChI=1S/C21H29N3O4/c1-16-14-23(15-17(2)27-16)12-6-5-11-22-13-18-9-10-21(28-18)19-7-3-4-8-20(19)24(25)26/h3-4,7-10,16-17,22H,5-6,11-15H2,1-2H3. The third-order valence-corrected chi connectivity index (χ3v) is 4.90. The van der Waals surface area contributed by atoms with Crippen LogP contribution in [0.25, 0.3) is 11.3 Å². The first-order valence-electron chi connectivity index (χ1n) is 9.94. The molecule has 2 unspecified atom stereocenters. The van der Waals surface area contributed by atoms with Gasteiger partial charge in [0.25, 0.3) is 5.69 Å². The summed E-state index contributed by atoms with van der Waals surface area (Å²) in [4.78, 5) is 13.3. The molecule has 1 N–H and O–H groups in total. The first-order chi connectivity index (χ1) is 13.5. The van der Waals surface area contributed by atoms with Crippen LogP contribution in [0.15, 0.2) is 40.8 Å². The van der Waals surface area contributed by atoms with E-state index in [1.807, 2.05) is 6.07 Å². The van der Waals surface area contributed by atoms with Crippen molar-refractivity contribution in [1.82, 2.24) is 10.2 Å². The number of nitrogens with one attached hydrogen (secondary N) is 1. The average Bonchev–Trinajstić information content (AvgIpc) is 3.12. The number of nitro benzene ring substituents is 1. The molecule has 0 saturated carbocycles. The molecule has 1 fully saturated rings. The fourth-order valence-corrected chi connectivity index (χ4v) is 3.72. The summed E-state index contributed by atoms with van der Waals surface area (Å²) >= 11 is 0. The largest absolute Gasteiger partial charge is 0.459 e. The van der Waals surface area contributed by atoms with Crippen molar-refractivity contribution in [3.63, 3.8) is 0 Å². The monoisotopic (exact) mass is 387 g/mol. The van der Waals surface area contributed by atoms with Crippen LogP contribution in [0.3, 0.4) is 0 Å². The molecule has 0 aliphatic carbocycles. The molecule has 152 valence electrons. The summed E-state index contributed by atoms with van der Waals surface area (Å²) in [6, 6.07) is 10.3. The van der Waals surface area contributed by atoms with Crippen molar-refractivity contribution in [1.29, 1.82) is 0 Å². The van der Waals surface area contributed by atoms with Gasteiger partial charge in [-0.25, -0.2) is 0 Å². The van der Waals surface area contributed by atoms with Crippen molar-refractivity contribution in [2.75, 3.05) is 26.2 Å². The van der Waals surface area contributed by atoms with Crippen molar-refractivity contribution in [3.05, 3.63) is 52.3 Å². The van der Waals surface area contributed by atoms with Gasteiger partial charge in [-0.3, -0.25) is 15.0 Å². The Labute approximate surface area is 165 Å². The van der Waals surface area contributed by atoms with Crippen molar-refractivity contribution in [2.24, 2.45) is 0 Å². The average molecular weight is 387 g/mol. The zero-order valence-electron chi connectivity index (χ0n) is 16.6. The Hall–Kier alpha value is -2.22. The molecule has 0 radical (unpaired) electrons. The van der Waals surface area contributed by atoms with Gasteiger partial charge in [-0.15, -0.1) is 0 Å². The number of unbranched alkanes of at least 4 members (excludes halogenated alkanes) is 1. The maximum absolute atomic E-state index is 11.2. The Balaban J connectivity index is 1.39. The molecular weight excluding hydrogens is 358 g/mol. The summed E-state index contributed by atoms with van der Waals surface area (Å²) in [5, 5.41) is 14.6. The lowest BCUT2D eigenvalue weighted by atomic mass is 10.1. The van der Waals surface area contributed by atoms with Gasteiger partial charge in [0.05, 0.1) is 29.2 Å². The predicted molar refractivity (Wildman–Crippen MR) is 108 cm³/mol. The second-order valence-corrected chi connectivity index (χ2v) is 7.44. The van der Waals surface area contributed by atoms with E-state index in [4.69, 9.17) is 9.15 Å². The lowest BCUT2D eigenvalue weighted by Crippen LogP contribution is -2.45. The van der Waals surface area contributed by atoms with Gasteiger partial charge in [0, 0.05) is 19.2 Å². The van der Waals surface area contributed by atoms with Crippen LogP contribution in [0.1, 0.15) is 32.4 Å². The van der Waals surface area contributed by atoms with Crippen LogP contribution in [0.2, 0.25) is 0 Å². The molecule has 1 aliphatic heterocycles. The van der Waals surface area contributed by atoms with Gasteiger partial charge in [-0.05, 0) is 58.0 Å². The number of furan rings is 1. The van der Waals surface area contributed by atoms with Gasteiger partial charge in [-0.2, -0.15) is 0 Å². The minimum absolute atomic E-state index is 0.0584. The first-order valence-corrected chi connectivity index (χ1v) is 9.94. The molecule has 1 aromatic carbocycles. The van der Waals surface area contributed by atoms with Gasteiger partial charge in [0.15, 0.2) is 0 Å². The van der Waals surface area contributed by atoms with Crippen molar-refractivity contribution in [2.45, 2.75) is 45.4 Å². The molecule has 2 aromatic rings. The van der Waals surface area contributed by atoms with Crippen LogP contribution in [0, 0.1) is 10.1 Å². The first kappa shape index (κ1) is 20.5. The number of para-hydroxylation sites is 1. The summed E-state index contributed by atoms with van der Waals surface area (Å²) in [5.74, 6) is 1.31. The number of rotatable bonds is 9. The lowest BCUT2D eigenvalue weighted by Gasteiger charge is -2.35. The fraction of sp³-hybridized carbons (Fsp3) is 0.524. The summed E-state index contributed by atoms with van der Waals surface area (Å²) in [6.07, 6.45) is 2.87. The third kappa shape index (κ3) is 5.64. The Morgan fingerprint density at radius 3 is 2.64 bits per heavy atom. The number of benzene rings is 1. The van der Waals surface area contributed by atoms with Crippen molar-refractivity contribution < 1.29 is 14.1 Å². The number of nitrogens with zero attached hydrogens (tertiary/aromatic N) is 2. The molecule has 7 heteroatoms. The van der Waals surface area contributed by atoms with Crippen LogP contribution >= 0.6 is 0 Å². The highest BCUT2D eigenvalue weighted by molar-refractivity contribution is 5.69. The zero-order chi connectivity index (χ0) is 19.9. The van der Waals surface area contributed by atoms with Gasteiger partial charge in [0.1, 0.15) is 11.5 Å². The van der Waals surface area contributed by atoms with Crippen molar-refractivity contribution in [3.8, 4) is 11.3 Å². The quantitative estimate of drug-likeness (QED) is 0.400. The van der Waals surface area contributed by atoms with E-state index in [1.165, 1.54) is 6.07 Å². The van der Waals surface area contributed by atoms with Crippen LogP contribution in [-0.2, 0) is 11.3 Å². The Bertz CT molecular complexity index is 767. The highest BCUT2D eigenvalue weighted by atomic mass is 16.6. The summed E-state index contributed by atoms with van der Waals surface area (Å²) in [5.41, 5.74) is 0.566. The fourth-order valence-electron chi connectivity index (χ4n) is 3.72. The number of hydrogen-bond donors (Lipinski definition) is 1. The van der Waals surface area contributed by atoms with Crippen LogP contribution < -0.4 is 5.32 Å². The molecule has 0 spiro atoms. The Morgan fingerprint density at radius 1 is 1.14 bits per heavy atom. The molecular formula is C21H29N3O4. The zero-order valence-corrected chi connectivity index (χ0v) is 16.6. The van der Waals surface area contributed by atoms with E-state index >= 15 is 0 Å². The van der Waals surface area contributed by atoms with E-state index in [0.29, 0.717) is 30.1 Å². The van der Waals surface area contributed by atoms with Crippen LogP contribution in [0.5, 0.6) is 0 Å². The Kier molecular flexibility index (Phi) is 7.19. The van der Waals surface area contributed by atoms with E-state index in [-0.39, 0.29) is 10.6 Å². The number of ether oxygens (including phenoxy) is 1. The highest BCUT2D eigenvalue weighted by Gasteiger charge is 2.21.